The first-order valence-electron chi connectivity index (χ1n) is 6.00. The van der Waals surface area contributed by atoms with Crippen LogP contribution in [0.4, 0.5) is 0 Å². The smallest absolute Gasteiger partial charge is 0.355 e. The van der Waals surface area contributed by atoms with E-state index in [9.17, 15) is 28.8 Å². The molecular formula is C13H8O12. The highest BCUT2D eigenvalue weighted by molar-refractivity contribution is 6.32. The first-order valence-corrected chi connectivity index (χ1v) is 6.00. The Labute approximate surface area is 136 Å². The standard InChI is InChI=1S/C13H8O12/c14-7(15)4-2-1-3-5(6(4)8(16)17)25-12(24)13(9(18)19,10(20)21)11(22)23/h1-3H,(H,14,15)(H,16,17)(H,18,19)(H,20,21)(H,22,23). The first kappa shape index (κ1) is 19.1. The summed E-state index contributed by atoms with van der Waals surface area (Å²) in [5, 5.41) is 44.5. The van der Waals surface area contributed by atoms with E-state index in [2.05, 4.69) is 4.74 Å². The van der Waals surface area contributed by atoms with Crippen LogP contribution in [0.5, 0.6) is 5.75 Å². The van der Waals surface area contributed by atoms with Crippen LogP contribution >= 0.6 is 0 Å². The van der Waals surface area contributed by atoms with Crippen LogP contribution in [-0.2, 0) is 19.2 Å². The number of rotatable bonds is 7. The summed E-state index contributed by atoms with van der Waals surface area (Å²) in [7, 11) is 0. The van der Waals surface area contributed by atoms with Gasteiger partial charge in [0, 0.05) is 0 Å². The van der Waals surface area contributed by atoms with E-state index in [0.717, 1.165) is 18.2 Å². The van der Waals surface area contributed by atoms with Gasteiger partial charge >= 0.3 is 41.2 Å². The van der Waals surface area contributed by atoms with Crippen molar-refractivity contribution in [3.05, 3.63) is 29.3 Å². The average Bonchev–Trinajstić information content (AvgIpc) is 2.45. The normalized spacial score (nSPS) is 10.6. The lowest BCUT2D eigenvalue weighted by atomic mass is 9.88. The zero-order valence-electron chi connectivity index (χ0n) is 11.8. The molecule has 25 heavy (non-hydrogen) atoms. The number of aromatic carboxylic acids is 2. The van der Waals surface area contributed by atoms with Gasteiger partial charge < -0.3 is 30.3 Å². The van der Waals surface area contributed by atoms with Crippen molar-refractivity contribution in [2.24, 2.45) is 5.41 Å². The molecule has 1 aromatic carbocycles. The molecule has 0 radical (unpaired) electrons. The van der Waals surface area contributed by atoms with Gasteiger partial charge in [-0.3, -0.25) is 0 Å². The number of esters is 1. The Morgan fingerprint density at radius 3 is 1.60 bits per heavy atom. The second-order valence-electron chi connectivity index (χ2n) is 4.34. The zero-order chi connectivity index (χ0) is 19.5. The summed E-state index contributed by atoms with van der Waals surface area (Å²) in [6.07, 6.45) is 0. The monoisotopic (exact) mass is 356 g/mol. The molecule has 0 atom stereocenters. The van der Waals surface area contributed by atoms with Crippen LogP contribution in [0, 0.1) is 5.41 Å². The third kappa shape index (κ3) is 3.08. The molecule has 0 heterocycles. The van der Waals surface area contributed by atoms with E-state index in [-0.39, 0.29) is 0 Å². The Morgan fingerprint density at radius 1 is 0.760 bits per heavy atom. The molecule has 0 spiro atoms. The minimum atomic E-state index is -4.07. The van der Waals surface area contributed by atoms with E-state index in [1.54, 1.807) is 0 Å². The number of carbonyl (C=O) groups is 6. The molecule has 0 unspecified atom stereocenters. The number of aliphatic carboxylic acids is 3. The largest absolute Gasteiger partial charge is 0.480 e. The van der Waals surface area contributed by atoms with E-state index in [0.29, 0.717) is 0 Å². The molecule has 0 bridgehead atoms. The van der Waals surface area contributed by atoms with Crippen molar-refractivity contribution in [1.82, 2.24) is 0 Å². The lowest BCUT2D eigenvalue weighted by Gasteiger charge is -2.19. The minimum absolute atomic E-state index is 0.726. The molecule has 12 heteroatoms. The van der Waals surface area contributed by atoms with Crippen LogP contribution in [-0.4, -0.2) is 61.3 Å². The molecule has 12 nitrogen and oxygen atoms in total. The van der Waals surface area contributed by atoms with Gasteiger partial charge in [-0.15, -0.1) is 0 Å². The van der Waals surface area contributed by atoms with Crippen LogP contribution in [0.1, 0.15) is 20.7 Å². The third-order valence-electron chi connectivity index (χ3n) is 2.94. The van der Waals surface area contributed by atoms with Crippen LogP contribution in [0.25, 0.3) is 0 Å². The Bertz CT molecular complexity index is 769. The number of benzene rings is 1. The van der Waals surface area contributed by atoms with Gasteiger partial charge in [0.15, 0.2) is 0 Å². The highest BCUT2D eigenvalue weighted by Crippen LogP contribution is 2.27. The van der Waals surface area contributed by atoms with E-state index < -0.39 is 58.1 Å². The summed E-state index contributed by atoms with van der Waals surface area (Å²) in [6.45, 7) is 0. The highest BCUT2D eigenvalue weighted by Gasteiger charge is 2.63. The molecule has 1 aromatic rings. The molecule has 0 fully saturated rings. The summed E-state index contributed by atoms with van der Waals surface area (Å²) in [6, 6.07) is 2.47. The summed E-state index contributed by atoms with van der Waals surface area (Å²) in [4.78, 5) is 67.3. The fourth-order valence-corrected chi connectivity index (χ4v) is 1.73. The molecule has 0 saturated heterocycles. The van der Waals surface area contributed by atoms with Crippen molar-refractivity contribution in [3.63, 3.8) is 0 Å². The number of ether oxygens (including phenoxy) is 1. The van der Waals surface area contributed by atoms with E-state index in [1.807, 2.05) is 0 Å². The molecule has 1 rings (SSSR count). The number of hydrogen-bond acceptors (Lipinski definition) is 7. The molecule has 0 amide bonds. The predicted molar refractivity (Wildman–Crippen MR) is 71.3 cm³/mol. The van der Waals surface area contributed by atoms with Crippen molar-refractivity contribution in [1.29, 1.82) is 0 Å². The van der Waals surface area contributed by atoms with Gasteiger partial charge in [-0.1, -0.05) is 6.07 Å². The summed E-state index contributed by atoms with van der Waals surface area (Å²) in [5.74, 6) is -14.8. The number of carboxylic acids is 5. The predicted octanol–water partition coefficient (Wildman–Crippen LogP) is -0.771. The fourth-order valence-electron chi connectivity index (χ4n) is 1.73. The van der Waals surface area contributed by atoms with Gasteiger partial charge in [0.1, 0.15) is 11.3 Å². The lowest BCUT2D eigenvalue weighted by Crippen LogP contribution is -2.54. The summed E-state index contributed by atoms with van der Waals surface area (Å²) < 4.78 is 4.32. The Kier molecular flexibility index (Phi) is 5.08. The van der Waals surface area contributed by atoms with Crippen LogP contribution in [0.15, 0.2) is 18.2 Å². The maximum atomic E-state index is 11.9. The highest BCUT2D eigenvalue weighted by atomic mass is 16.5. The van der Waals surface area contributed by atoms with Gasteiger partial charge in [0.2, 0.25) is 0 Å². The molecule has 0 saturated carbocycles. The van der Waals surface area contributed by atoms with Gasteiger partial charge in [-0.05, 0) is 12.1 Å². The van der Waals surface area contributed by atoms with E-state index in [1.165, 1.54) is 0 Å². The number of carbonyl (C=O) groups excluding carboxylic acids is 1. The number of hydrogen-bond donors (Lipinski definition) is 5. The van der Waals surface area contributed by atoms with Gasteiger partial charge in [-0.25, -0.2) is 28.8 Å². The van der Waals surface area contributed by atoms with Crippen molar-refractivity contribution < 1.29 is 59.0 Å². The molecule has 0 aliphatic carbocycles. The SMILES string of the molecule is O=C(O)c1cccc(OC(=O)C(C(=O)O)(C(=O)O)C(=O)O)c1C(=O)O. The van der Waals surface area contributed by atoms with Crippen LogP contribution < -0.4 is 4.74 Å². The zero-order valence-corrected chi connectivity index (χ0v) is 11.8. The second-order valence-corrected chi connectivity index (χ2v) is 4.34. The molecule has 5 N–H and O–H groups in total. The first-order chi connectivity index (χ1) is 11.5. The Balaban J connectivity index is 3.55. The van der Waals surface area contributed by atoms with Gasteiger partial charge in [-0.2, -0.15) is 0 Å². The Hall–Kier alpha value is -3.96. The summed E-state index contributed by atoms with van der Waals surface area (Å²) >= 11 is 0. The van der Waals surface area contributed by atoms with Crippen molar-refractivity contribution in [2.75, 3.05) is 0 Å². The maximum Gasteiger partial charge on any atom is 0.355 e. The lowest BCUT2D eigenvalue weighted by molar-refractivity contribution is -0.182. The van der Waals surface area contributed by atoms with Crippen molar-refractivity contribution >= 4 is 35.8 Å². The van der Waals surface area contributed by atoms with Gasteiger partial charge in [0.25, 0.3) is 0 Å². The Morgan fingerprint density at radius 2 is 1.24 bits per heavy atom. The fraction of sp³-hybridized carbons (Fsp3) is 0.0769. The van der Waals surface area contributed by atoms with Crippen LogP contribution in [0.3, 0.4) is 0 Å². The summed E-state index contributed by atoms with van der Waals surface area (Å²) in [5.41, 5.74) is -6.03. The quantitative estimate of drug-likeness (QED) is 0.231. The van der Waals surface area contributed by atoms with E-state index >= 15 is 0 Å². The molecule has 132 valence electrons. The minimum Gasteiger partial charge on any atom is -0.480 e. The molecule has 0 aliphatic heterocycles. The van der Waals surface area contributed by atoms with Crippen molar-refractivity contribution in [2.45, 2.75) is 0 Å². The maximum absolute atomic E-state index is 11.9. The molecule has 0 aliphatic rings. The average molecular weight is 356 g/mol. The van der Waals surface area contributed by atoms with Gasteiger partial charge in [0.05, 0.1) is 5.56 Å². The van der Waals surface area contributed by atoms with Crippen molar-refractivity contribution in [3.8, 4) is 5.75 Å². The molecular weight excluding hydrogens is 348 g/mol. The second kappa shape index (κ2) is 6.66. The third-order valence-corrected chi connectivity index (χ3v) is 2.94. The number of carboxylic acid groups (broad SMARTS) is 5. The van der Waals surface area contributed by atoms with Crippen LogP contribution in [0.2, 0.25) is 0 Å². The molecule has 0 aromatic heterocycles. The topological polar surface area (TPSA) is 213 Å². The van der Waals surface area contributed by atoms with E-state index in [4.69, 9.17) is 25.5 Å².